The Morgan fingerprint density at radius 3 is 2.72 bits per heavy atom. The van der Waals surface area contributed by atoms with Crippen molar-refractivity contribution in [2.24, 2.45) is 0 Å². The van der Waals surface area contributed by atoms with Crippen LogP contribution in [-0.2, 0) is 4.74 Å². The van der Waals surface area contributed by atoms with E-state index in [1.165, 1.54) is 12.8 Å². The summed E-state index contributed by atoms with van der Waals surface area (Å²) in [5.74, 6) is 1.88. The van der Waals surface area contributed by atoms with Gasteiger partial charge in [-0.05, 0) is 37.8 Å². The van der Waals surface area contributed by atoms with Crippen LogP contribution in [0.3, 0.4) is 0 Å². The van der Waals surface area contributed by atoms with Gasteiger partial charge in [0.2, 0.25) is 0 Å². The first-order valence-electron chi connectivity index (χ1n) is 6.95. The summed E-state index contributed by atoms with van der Waals surface area (Å²) in [7, 11) is 0. The lowest BCUT2D eigenvalue weighted by Gasteiger charge is -2.11. The molecule has 0 aliphatic carbocycles. The molecule has 2 heterocycles. The minimum Gasteiger partial charge on any atom is -0.378 e. The van der Waals surface area contributed by atoms with Crippen LogP contribution < -0.4 is 10.6 Å². The number of aromatic nitrogens is 1. The van der Waals surface area contributed by atoms with Gasteiger partial charge in [-0.1, -0.05) is 13.0 Å². The molecule has 1 saturated heterocycles. The number of nitrogens with zero attached hydrogens (tertiary/aromatic N) is 1. The van der Waals surface area contributed by atoms with Gasteiger partial charge in [0.15, 0.2) is 0 Å². The van der Waals surface area contributed by atoms with Crippen molar-refractivity contribution in [3.8, 4) is 0 Å². The number of anilines is 2. The third-order valence-electron chi connectivity index (χ3n) is 3.10. The number of rotatable bonds is 7. The molecular weight excluding hydrogens is 226 g/mol. The van der Waals surface area contributed by atoms with Crippen molar-refractivity contribution >= 4 is 11.6 Å². The van der Waals surface area contributed by atoms with Gasteiger partial charge in [-0.2, -0.15) is 0 Å². The molecule has 4 nitrogen and oxygen atoms in total. The summed E-state index contributed by atoms with van der Waals surface area (Å²) in [6.45, 7) is 4.97. The zero-order valence-electron chi connectivity index (χ0n) is 11.1. The molecule has 1 unspecified atom stereocenters. The third-order valence-corrected chi connectivity index (χ3v) is 3.10. The summed E-state index contributed by atoms with van der Waals surface area (Å²) in [6.07, 6.45) is 5.03. The van der Waals surface area contributed by atoms with E-state index in [1.54, 1.807) is 0 Å². The second kappa shape index (κ2) is 7.21. The molecule has 18 heavy (non-hydrogen) atoms. The van der Waals surface area contributed by atoms with Crippen LogP contribution in [0.1, 0.15) is 32.6 Å². The molecule has 1 atom stereocenters. The molecule has 0 spiro atoms. The summed E-state index contributed by atoms with van der Waals surface area (Å²) >= 11 is 0. The van der Waals surface area contributed by atoms with Crippen LogP contribution in [0.25, 0.3) is 0 Å². The molecule has 1 aliphatic rings. The van der Waals surface area contributed by atoms with Crippen molar-refractivity contribution in [2.75, 3.05) is 30.3 Å². The summed E-state index contributed by atoms with van der Waals surface area (Å²) in [6, 6.07) is 6.03. The third kappa shape index (κ3) is 4.18. The van der Waals surface area contributed by atoms with Crippen molar-refractivity contribution in [1.29, 1.82) is 0 Å². The number of pyridine rings is 1. The van der Waals surface area contributed by atoms with E-state index in [9.17, 15) is 0 Å². The molecule has 1 aromatic rings. The van der Waals surface area contributed by atoms with Gasteiger partial charge in [-0.25, -0.2) is 4.98 Å². The summed E-state index contributed by atoms with van der Waals surface area (Å²) < 4.78 is 5.59. The molecular formula is C14H23N3O. The maximum absolute atomic E-state index is 5.59. The molecule has 0 aromatic carbocycles. The first-order valence-corrected chi connectivity index (χ1v) is 6.95. The standard InChI is InChI=1S/C14H23N3O/c1-2-9-15-13-6-3-7-14(17-13)16-10-8-12-5-4-11-18-12/h3,6-7,12H,2,4-5,8-11H2,1H3,(H2,15,16,17). The average Bonchev–Trinajstić information content (AvgIpc) is 2.90. The fourth-order valence-corrected chi connectivity index (χ4v) is 2.12. The first kappa shape index (κ1) is 13.1. The van der Waals surface area contributed by atoms with E-state index < -0.39 is 0 Å². The van der Waals surface area contributed by atoms with Gasteiger partial charge in [0, 0.05) is 19.7 Å². The van der Waals surface area contributed by atoms with Gasteiger partial charge in [0.25, 0.3) is 0 Å². The minimum atomic E-state index is 0.443. The Hall–Kier alpha value is -1.29. The summed E-state index contributed by atoms with van der Waals surface area (Å²) in [4.78, 5) is 4.51. The van der Waals surface area contributed by atoms with E-state index >= 15 is 0 Å². The Morgan fingerprint density at radius 2 is 2.06 bits per heavy atom. The highest BCUT2D eigenvalue weighted by atomic mass is 16.5. The van der Waals surface area contributed by atoms with Crippen molar-refractivity contribution in [2.45, 2.75) is 38.7 Å². The van der Waals surface area contributed by atoms with Gasteiger partial charge in [-0.3, -0.25) is 0 Å². The Bertz CT molecular complexity index is 351. The molecule has 0 amide bonds. The Kier molecular flexibility index (Phi) is 5.27. The molecule has 2 N–H and O–H groups in total. The van der Waals surface area contributed by atoms with Gasteiger partial charge in [-0.15, -0.1) is 0 Å². The van der Waals surface area contributed by atoms with Crippen LogP contribution in [0, 0.1) is 0 Å². The van der Waals surface area contributed by atoms with Crippen LogP contribution >= 0.6 is 0 Å². The van der Waals surface area contributed by atoms with Crippen molar-refractivity contribution in [1.82, 2.24) is 4.98 Å². The maximum atomic E-state index is 5.59. The van der Waals surface area contributed by atoms with E-state index in [-0.39, 0.29) is 0 Å². The van der Waals surface area contributed by atoms with Gasteiger partial charge in [0.05, 0.1) is 6.10 Å². The molecule has 0 bridgehead atoms. The molecule has 1 aliphatic heterocycles. The zero-order valence-corrected chi connectivity index (χ0v) is 11.1. The second-order valence-corrected chi connectivity index (χ2v) is 4.69. The van der Waals surface area contributed by atoms with Crippen LogP contribution in [0.4, 0.5) is 11.6 Å². The molecule has 0 saturated carbocycles. The van der Waals surface area contributed by atoms with E-state index in [1.807, 2.05) is 18.2 Å². The second-order valence-electron chi connectivity index (χ2n) is 4.69. The van der Waals surface area contributed by atoms with Crippen molar-refractivity contribution < 1.29 is 4.74 Å². The fourth-order valence-electron chi connectivity index (χ4n) is 2.12. The Morgan fingerprint density at radius 1 is 1.28 bits per heavy atom. The van der Waals surface area contributed by atoms with Crippen LogP contribution in [0.2, 0.25) is 0 Å². The van der Waals surface area contributed by atoms with Gasteiger partial charge >= 0.3 is 0 Å². The van der Waals surface area contributed by atoms with Crippen molar-refractivity contribution in [3.63, 3.8) is 0 Å². The largest absolute Gasteiger partial charge is 0.378 e. The van der Waals surface area contributed by atoms with E-state index in [4.69, 9.17) is 4.74 Å². The average molecular weight is 249 g/mol. The highest BCUT2D eigenvalue weighted by molar-refractivity contribution is 5.44. The molecule has 1 aromatic heterocycles. The predicted molar refractivity (Wildman–Crippen MR) is 75.1 cm³/mol. The molecule has 100 valence electrons. The predicted octanol–water partition coefficient (Wildman–Crippen LogP) is 2.88. The topological polar surface area (TPSA) is 46.2 Å². The lowest BCUT2D eigenvalue weighted by atomic mass is 10.2. The monoisotopic (exact) mass is 249 g/mol. The highest BCUT2D eigenvalue weighted by Gasteiger charge is 2.14. The number of ether oxygens (including phenoxy) is 1. The maximum Gasteiger partial charge on any atom is 0.128 e. The van der Waals surface area contributed by atoms with Crippen LogP contribution in [0.15, 0.2) is 18.2 Å². The normalized spacial score (nSPS) is 18.8. The molecule has 4 heteroatoms. The zero-order chi connectivity index (χ0) is 12.6. The highest BCUT2D eigenvalue weighted by Crippen LogP contribution is 2.15. The molecule has 2 rings (SSSR count). The number of hydrogen-bond acceptors (Lipinski definition) is 4. The first-order chi connectivity index (χ1) is 8.88. The summed E-state index contributed by atoms with van der Waals surface area (Å²) in [5.41, 5.74) is 0. The quantitative estimate of drug-likeness (QED) is 0.780. The van der Waals surface area contributed by atoms with Gasteiger partial charge in [0.1, 0.15) is 11.6 Å². The van der Waals surface area contributed by atoms with E-state index in [0.717, 1.165) is 44.2 Å². The smallest absolute Gasteiger partial charge is 0.128 e. The van der Waals surface area contributed by atoms with Crippen molar-refractivity contribution in [3.05, 3.63) is 18.2 Å². The SMILES string of the molecule is CCCNc1cccc(NCCC2CCCO2)n1. The Labute approximate surface area is 109 Å². The summed E-state index contributed by atoms with van der Waals surface area (Å²) in [5, 5.41) is 6.65. The molecule has 1 fully saturated rings. The fraction of sp³-hybridized carbons (Fsp3) is 0.643. The lowest BCUT2D eigenvalue weighted by Crippen LogP contribution is -2.13. The molecule has 0 radical (unpaired) electrons. The number of nitrogens with one attached hydrogen (secondary N) is 2. The van der Waals surface area contributed by atoms with E-state index in [2.05, 4.69) is 22.5 Å². The Balaban J connectivity index is 1.74. The van der Waals surface area contributed by atoms with E-state index in [0.29, 0.717) is 6.10 Å². The van der Waals surface area contributed by atoms with Crippen LogP contribution in [0.5, 0.6) is 0 Å². The minimum absolute atomic E-state index is 0.443. The number of hydrogen-bond donors (Lipinski definition) is 2. The lowest BCUT2D eigenvalue weighted by molar-refractivity contribution is 0.107. The van der Waals surface area contributed by atoms with Crippen LogP contribution in [-0.4, -0.2) is 30.8 Å². The van der Waals surface area contributed by atoms with Gasteiger partial charge < -0.3 is 15.4 Å².